The van der Waals surface area contributed by atoms with E-state index >= 15 is 0 Å². The zero-order valence-electron chi connectivity index (χ0n) is 15.1. The summed E-state index contributed by atoms with van der Waals surface area (Å²) in [7, 11) is -3.79. The molecular formula is C22H15NO5S. The molecule has 0 unspecified atom stereocenters. The van der Waals surface area contributed by atoms with Crippen molar-refractivity contribution < 1.29 is 22.8 Å². The fraction of sp³-hybridized carbons (Fsp3) is 0.0455. The summed E-state index contributed by atoms with van der Waals surface area (Å²) in [4.78, 5) is 37.7. The number of benzene rings is 3. The molecule has 0 heterocycles. The van der Waals surface area contributed by atoms with Gasteiger partial charge in [0.05, 0.1) is 4.90 Å². The molecule has 0 atom stereocenters. The van der Waals surface area contributed by atoms with Crippen LogP contribution in [0.1, 0.15) is 31.8 Å². The van der Waals surface area contributed by atoms with Crippen molar-refractivity contribution in [1.82, 2.24) is 0 Å². The minimum Gasteiger partial charge on any atom is -0.325 e. The van der Waals surface area contributed by atoms with Crippen molar-refractivity contribution in [1.29, 1.82) is 0 Å². The van der Waals surface area contributed by atoms with E-state index in [9.17, 15) is 22.8 Å². The zero-order chi connectivity index (χ0) is 20.6. The number of rotatable bonds is 4. The lowest BCUT2D eigenvalue weighted by molar-refractivity contribution is -0.113. The normalized spacial score (nSPS) is 12.8. The maximum absolute atomic E-state index is 12.7. The van der Waals surface area contributed by atoms with Crippen LogP contribution in [0, 0.1) is 0 Å². The summed E-state index contributed by atoms with van der Waals surface area (Å²) in [5, 5.41) is 2.50. The van der Waals surface area contributed by atoms with E-state index in [-0.39, 0.29) is 33.3 Å². The number of nitrogens with one attached hydrogen (secondary N) is 1. The van der Waals surface area contributed by atoms with Gasteiger partial charge in [0.15, 0.2) is 21.4 Å². The number of hydrogen-bond donors (Lipinski definition) is 1. The molecule has 144 valence electrons. The summed E-state index contributed by atoms with van der Waals surface area (Å²) in [6.07, 6.45) is 0. The summed E-state index contributed by atoms with van der Waals surface area (Å²) >= 11 is 0. The number of anilines is 1. The van der Waals surface area contributed by atoms with Gasteiger partial charge in [-0.3, -0.25) is 14.4 Å². The molecule has 1 N–H and O–H groups in total. The average molecular weight is 405 g/mol. The lowest BCUT2D eigenvalue weighted by atomic mass is 9.84. The van der Waals surface area contributed by atoms with Crippen LogP contribution in [-0.2, 0) is 14.6 Å². The molecule has 0 bridgehead atoms. The van der Waals surface area contributed by atoms with Crippen LogP contribution in [0.25, 0.3) is 0 Å². The molecule has 3 aromatic carbocycles. The SMILES string of the molecule is O=C(CS(=O)(=O)c1ccccc1)Nc1ccc2c(c1)C(=O)c1ccccc1C2=O. The molecule has 7 heteroatoms. The Morgan fingerprint density at radius 1 is 0.724 bits per heavy atom. The number of fused-ring (bicyclic) bond motifs is 2. The Bertz CT molecular complexity index is 1260. The van der Waals surface area contributed by atoms with Gasteiger partial charge >= 0.3 is 0 Å². The minimum atomic E-state index is -3.79. The van der Waals surface area contributed by atoms with Crippen molar-refractivity contribution >= 4 is 33.0 Å². The van der Waals surface area contributed by atoms with E-state index in [1.54, 1.807) is 42.5 Å². The molecule has 29 heavy (non-hydrogen) atoms. The van der Waals surface area contributed by atoms with Gasteiger partial charge in [-0.15, -0.1) is 0 Å². The molecule has 3 aromatic rings. The number of carbonyl (C=O) groups is 3. The van der Waals surface area contributed by atoms with Crippen molar-refractivity contribution in [3.8, 4) is 0 Å². The molecule has 4 rings (SSSR count). The third-order valence-corrected chi connectivity index (χ3v) is 6.26. The molecule has 0 saturated carbocycles. The van der Waals surface area contributed by atoms with Crippen molar-refractivity contribution in [3.63, 3.8) is 0 Å². The van der Waals surface area contributed by atoms with Crippen molar-refractivity contribution in [3.05, 3.63) is 95.1 Å². The summed E-state index contributed by atoms with van der Waals surface area (Å²) in [5.74, 6) is -2.05. The van der Waals surface area contributed by atoms with Gasteiger partial charge in [0.25, 0.3) is 0 Å². The van der Waals surface area contributed by atoms with Gasteiger partial charge < -0.3 is 5.32 Å². The van der Waals surface area contributed by atoms with Gasteiger partial charge in [-0.05, 0) is 30.3 Å². The molecule has 0 spiro atoms. The van der Waals surface area contributed by atoms with Crippen LogP contribution in [0.2, 0.25) is 0 Å². The second kappa shape index (κ2) is 7.10. The summed E-state index contributed by atoms with van der Waals surface area (Å²) in [6.45, 7) is 0. The highest BCUT2D eigenvalue weighted by Gasteiger charge is 2.29. The molecule has 1 amide bonds. The fourth-order valence-corrected chi connectivity index (χ4v) is 4.41. The van der Waals surface area contributed by atoms with E-state index < -0.39 is 21.5 Å². The van der Waals surface area contributed by atoms with Crippen LogP contribution in [0.3, 0.4) is 0 Å². The predicted molar refractivity (Wildman–Crippen MR) is 107 cm³/mol. The standard InChI is InChI=1S/C22H15NO5S/c24-20(13-29(27,28)15-6-2-1-3-7-15)23-14-10-11-18-19(12-14)22(26)17-9-5-4-8-16(17)21(18)25/h1-12H,13H2,(H,23,24). The van der Waals surface area contributed by atoms with E-state index in [1.807, 2.05) is 0 Å². The van der Waals surface area contributed by atoms with Crippen LogP contribution in [0.4, 0.5) is 5.69 Å². The highest BCUT2D eigenvalue weighted by Crippen LogP contribution is 2.29. The third kappa shape index (κ3) is 3.48. The molecule has 1 aliphatic carbocycles. The second-order valence-corrected chi connectivity index (χ2v) is 8.57. The van der Waals surface area contributed by atoms with Crippen molar-refractivity contribution in [2.75, 3.05) is 11.1 Å². The van der Waals surface area contributed by atoms with Crippen LogP contribution in [0.15, 0.2) is 77.7 Å². The third-order valence-electron chi connectivity index (χ3n) is 4.63. The predicted octanol–water partition coefficient (Wildman–Crippen LogP) is 2.87. The van der Waals surface area contributed by atoms with E-state index in [2.05, 4.69) is 5.32 Å². The van der Waals surface area contributed by atoms with E-state index in [1.165, 1.54) is 30.3 Å². The second-order valence-electron chi connectivity index (χ2n) is 6.58. The Morgan fingerprint density at radius 3 is 1.93 bits per heavy atom. The van der Waals surface area contributed by atoms with Gasteiger partial charge in [-0.2, -0.15) is 0 Å². The molecular weight excluding hydrogens is 390 g/mol. The maximum atomic E-state index is 12.7. The fourth-order valence-electron chi connectivity index (χ4n) is 3.26. The highest BCUT2D eigenvalue weighted by molar-refractivity contribution is 7.92. The summed E-state index contributed by atoms with van der Waals surface area (Å²) < 4.78 is 24.7. The number of sulfone groups is 1. The maximum Gasteiger partial charge on any atom is 0.239 e. The number of ketones is 2. The van der Waals surface area contributed by atoms with Crippen LogP contribution >= 0.6 is 0 Å². The largest absolute Gasteiger partial charge is 0.325 e. The van der Waals surface area contributed by atoms with Gasteiger partial charge in [0.2, 0.25) is 5.91 Å². The van der Waals surface area contributed by atoms with E-state index in [0.717, 1.165) is 0 Å². The summed E-state index contributed by atoms with van der Waals surface area (Å²) in [6, 6.07) is 18.6. The van der Waals surface area contributed by atoms with Crippen molar-refractivity contribution in [2.45, 2.75) is 4.90 Å². The van der Waals surface area contributed by atoms with Gasteiger partial charge in [-0.25, -0.2) is 8.42 Å². The van der Waals surface area contributed by atoms with E-state index in [4.69, 9.17) is 0 Å². The Hall–Kier alpha value is -3.58. The molecule has 6 nitrogen and oxygen atoms in total. The lowest BCUT2D eigenvalue weighted by Crippen LogP contribution is -2.24. The Labute approximate surface area is 167 Å². The van der Waals surface area contributed by atoms with Crippen LogP contribution in [-0.4, -0.2) is 31.6 Å². The Morgan fingerprint density at radius 2 is 1.28 bits per heavy atom. The first-order chi connectivity index (χ1) is 13.9. The van der Waals surface area contributed by atoms with Crippen LogP contribution in [0.5, 0.6) is 0 Å². The zero-order valence-corrected chi connectivity index (χ0v) is 15.9. The number of hydrogen-bond acceptors (Lipinski definition) is 5. The molecule has 0 fully saturated rings. The van der Waals surface area contributed by atoms with Gasteiger partial charge in [-0.1, -0.05) is 42.5 Å². The first-order valence-corrected chi connectivity index (χ1v) is 10.4. The molecule has 0 aromatic heterocycles. The lowest BCUT2D eigenvalue weighted by Gasteiger charge is -2.18. The Kier molecular flexibility index (Phi) is 4.60. The quantitative estimate of drug-likeness (QED) is 0.563. The molecule has 1 aliphatic rings. The smallest absolute Gasteiger partial charge is 0.239 e. The molecule has 0 radical (unpaired) electrons. The highest BCUT2D eigenvalue weighted by atomic mass is 32.2. The summed E-state index contributed by atoms with van der Waals surface area (Å²) in [5.41, 5.74) is 1.33. The van der Waals surface area contributed by atoms with Crippen LogP contribution < -0.4 is 5.32 Å². The van der Waals surface area contributed by atoms with Gasteiger partial charge in [0, 0.05) is 27.9 Å². The first kappa shape index (κ1) is 18.8. The Balaban J connectivity index is 1.58. The van der Waals surface area contributed by atoms with E-state index in [0.29, 0.717) is 11.1 Å². The number of carbonyl (C=O) groups excluding carboxylic acids is 3. The topological polar surface area (TPSA) is 97.4 Å². The average Bonchev–Trinajstić information content (AvgIpc) is 2.72. The van der Waals surface area contributed by atoms with Gasteiger partial charge in [0.1, 0.15) is 5.75 Å². The minimum absolute atomic E-state index is 0.0537. The monoisotopic (exact) mass is 405 g/mol. The van der Waals surface area contributed by atoms with Crippen molar-refractivity contribution in [2.24, 2.45) is 0 Å². The number of amides is 1. The molecule has 0 saturated heterocycles. The first-order valence-electron chi connectivity index (χ1n) is 8.77. The molecule has 0 aliphatic heterocycles.